The van der Waals surface area contributed by atoms with E-state index in [9.17, 15) is 14.4 Å². The summed E-state index contributed by atoms with van der Waals surface area (Å²) in [5, 5.41) is 2.24. The fourth-order valence-corrected chi connectivity index (χ4v) is 3.23. The van der Waals surface area contributed by atoms with Crippen LogP contribution in [0, 0.1) is 5.92 Å². The van der Waals surface area contributed by atoms with Crippen molar-refractivity contribution >= 4 is 28.1 Å². The Morgan fingerprint density at radius 2 is 1.64 bits per heavy atom. The molecule has 0 radical (unpaired) electrons. The average Bonchev–Trinajstić information content (AvgIpc) is 2.53. The van der Waals surface area contributed by atoms with Gasteiger partial charge >= 0.3 is 0 Å². The van der Waals surface area contributed by atoms with Gasteiger partial charge in [-0.1, -0.05) is 49.4 Å². The molecule has 0 saturated heterocycles. The minimum Gasteiger partial charge on any atom is -0.298 e. The summed E-state index contributed by atoms with van der Waals surface area (Å²) in [6, 6.07) is 14.1. The van der Waals surface area contributed by atoms with Gasteiger partial charge in [-0.05, 0) is 22.3 Å². The van der Waals surface area contributed by atoms with E-state index in [0.717, 1.165) is 16.3 Å². The summed E-state index contributed by atoms with van der Waals surface area (Å²) in [6.45, 7) is 1.69. The maximum Gasteiger partial charge on any atom is 0.151 e. The molecule has 0 unspecified atom stereocenters. The molecule has 0 amide bonds. The molecular weight excluding hydrogens is 276 g/mol. The number of fused-ring (bicyclic) bond motifs is 1. The Hall–Kier alpha value is -2.29. The van der Waals surface area contributed by atoms with Crippen LogP contribution in [-0.4, -0.2) is 17.3 Å². The number of hydrogen-bond acceptors (Lipinski definition) is 3. The molecule has 0 N–H and O–H groups in total. The van der Waals surface area contributed by atoms with E-state index in [1.165, 1.54) is 0 Å². The molecule has 22 heavy (non-hydrogen) atoms. The first-order chi connectivity index (χ1) is 10.6. The Balaban J connectivity index is 1.88. The van der Waals surface area contributed by atoms with E-state index in [0.29, 0.717) is 0 Å². The van der Waals surface area contributed by atoms with Crippen LogP contribution < -0.4 is 0 Å². The normalized spacial score (nSPS) is 22.0. The Kier molecular flexibility index (Phi) is 3.88. The predicted octanol–water partition coefficient (Wildman–Crippen LogP) is 3.45. The molecule has 1 aliphatic carbocycles. The number of carbonyl (C=O) groups excluding carboxylic acids is 3. The number of carbonyl (C=O) groups is 3. The second kappa shape index (κ2) is 5.84. The lowest BCUT2D eigenvalue weighted by Gasteiger charge is -2.26. The third kappa shape index (κ3) is 2.59. The van der Waals surface area contributed by atoms with E-state index in [4.69, 9.17) is 0 Å². The van der Waals surface area contributed by atoms with Crippen LogP contribution in [0.1, 0.15) is 37.7 Å². The van der Waals surface area contributed by atoms with Crippen molar-refractivity contribution in [3.8, 4) is 0 Å². The number of Topliss-reactive ketones (excluding diaryl/α,β-unsaturated/α-hetero) is 3. The topological polar surface area (TPSA) is 51.2 Å². The van der Waals surface area contributed by atoms with Crippen molar-refractivity contribution in [2.45, 2.75) is 32.1 Å². The molecule has 0 bridgehead atoms. The van der Waals surface area contributed by atoms with Crippen LogP contribution in [-0.2, 0) is 14.4 Å². The molecule has 3 nitrogen and oxygen atoms in total. The molecule has 0 spiro atoms. The van der Waals surface area contributed by atoms with Gasteiger partial charge in [-0.2, -0.15) is 0 Å². The van der Waals surface area contributed by atoms with E-state index in [2.05, 4.69) is 0 Å². The maximum atomic E-state index is 12.2. The molecule has 112 valence electrons. The van der Waals surface area contributed by atoms with Gasteiger partial charge in [0.05, 0.1) is 0 Å². The molecule has 1 aliphatic rings. The second-order valence-corrected chi connectivity index (χ2v) is 5.90. The summed E-state index contributed by atoms with van der Waals surface area (Å²) in [6.07, 6.45) is 0.795. The minimum absolute atomic E-state index is 0.106. The molecule has 0 aliphatic heterocycles. The summed E-state index contributed by atoms with van der Waals surface area (Å²) in [5.41, 5.74) is 1.00. The summed E-state index contributed by atoms with van der Waals surface area (Å²) < 4.78 is 0. The van der Waals surface area contributed by atoms with Gasteiger partial charge in [0.15, 0.2) is 17.3 Å². The minimum atomic E-state index is -1.01. The Bertz CT molecular complexity index is 742. The van der Waals surface area contributed by atoms with Crippen LogP contribution in [0.15, 0.2) is 42.5 Å². The fraction of sp³-hybridized carbons (Fsp3) is 0.316. The zero-order valence-corrected chi connectivity index (χ0v) is 12.5. The van der Waals surface area contributed by atoms with Gasteiger partial charge in [0.1, 0.15) is 5.92 Å². The van der Waals surface area contributed by atoms with Crippen LogP contribution in [0.2, 0.25) is 0 Å². The van der Waals surface area contributed by atoms with Crippen LogP contribution in [0.3, 0.4) is 0 Å². The van der Waals surface area contributed by atoms with Crippen molar-refractivity contribution < 1.29 is 14.4 Å². The molecule has 2 aromatic carbocycles. The Labute approximate surface area is 129 Å². The average molecular weight is 294 g/mol. The number of rotatable bonds is 3. The van der Waals surface area contributed by atoms with E-state index in [1.807, 2.05) is 42.5 Å². The van der Waals surface area contributed by atoms with Gasteiger partial charge in [-0.3, -0.25) is 14.4 Å². The van der Waals surface area contributed by atoms with Gasteiger partial charge in [-0.25, -0.2) is 0 Å². The third-order valence-electron chi connectivity index (χ3n) is 4.45. The van der Waals surface area contributed by atoms with Crippen molar-refractivity contribution in [3.63, 3.8) is 0 Å². The molecule has 3 heteroatoms. The second-order valence-electron chi connectivity index (χ2n) is 5.90. The van der Waals surface area contributed by atoms with Crippen LogP contribution in [0.25, 0.3) is 10.8 Å². The zero-order chi connectivity index (χ0) is 15.7. The SMILES string of the molecule is CCC(=O)C1C(=O)CC(c2ccc3ccccc3c2)CC1=O. The lowest BCUT2D eigenvalue weighted by atomic mass is 9.75. The van der Waals surface area contributed by atoms with E-state index >= 15 is 0 Å². The third-order valence-corrected chi connectivity index (χ3v) is 4.45. The smallest absolute Gasteiger partial charge is 0.151 e. The number of ketones is 3. The molecule has 0 heterocycles. The maximum absolute atomic E-state index is 12.2. The first-order valence-electron chi connectivity index (χ1n) is 7.67. The Morgan fingerprint density at radius 1 is 1.00 bits per heavy atom. The van der Waals surface area contributed by atoms with Crippen molar-refractivity contribution in [1.82, 2.24) is 0 Å². The van der Waals surface area contributed by atoms with E-state index in [1.54, 1.807) is 6.92 Å². The molecule has 2 aromatic rings. The molecule has 3 rings (SSSR count). The van der Waals surface area contributed by atoms with Crippen molar-refractivity contribution in [2.24, 2.45) is 5.92 Å². The largest absolute Gasteiger partial charge is 0.298 e. The zero-order valence-electron chi connectivity index (χ0n) is 12.5. The summed E-state index contributed by atoms with van der Waals surface area (Å²) in [5.74, 6) is -1.80. The molecule has 0 atom stereocenters. The van der Waals surface area contributed by atoms with E-state index in [-0.39, 0.29) is 42.5 Å². The fourth-order valence-electron chi connectivity index (χ4n) is 3.23. The standard InChI is InChI=1S/C19H18O3/c1-2-16(20)19-17(21)10-15(11-18(19)22)14-8-7-12-5-3-4-6-13(12)9-14/h3-9,15,19H,2,10-11H2,1H3. The van der Waals surface area contributed by atoms with Gasteiger partial charge in [0.2, 0.25) is 0 Å². The van der Waals surface area contributed by atoms with Crippen LogP contribution >= 0.6 is 0 Å². The number of benzene rings is 2. The van der Waals surface area contributed by atoms with Crippen LogP contribution in [0.4, 0.5) is 0 Å². The first kappa shape index (κ1) is 14.6. The van der Waals surface area contributed by atoms with Gasteiger partial charge < -0.3 is 0 Å². The first-order valence-corrected chi connectivity index (χ1v) is 7.67. The summed E-state index contributed by atoms with van der Waals surface area (Å²) >= 11 is 0. The quantitative estimate of drug-likeness (QED) is 0.815. The van der Waals surface area contributed by atoms with Gasteiger partial charge in [-0.15, -0.1) is 0 Å². The highest BCUT2D eigenvalue weighted by molar-refractivity contribution is 6.20. The monoisotopic (exact) mass is 294 g/mol. The highest BCUT2D eigenvalue weighted by Crippen LogP contribution is 2.33. The lowest BCUT2D eigenvalue weighted by molar-refractivity contribution is -0.142. The lowest BCUT2D eigenvalue weighted by Crippen LogP contribution is -2.37. The van der Waals surface area contributed by atoms with Gasteiger partial charge in [0.25, 0.3) is 0 Å². The molecule has 1 saturated carbocycles. The van der Waals surface area contributed by atoms with Crippen molar-refractivity contribution in [2.75, 3.05) is 0 Å². The molecule has 0 aromatic heterocycles. The van der Waals surface area contributed by atoms with Crippen molar-refractivity contribution in [3.05, 3.63) is 48.0 Å². The van der Waals surface area contributed by atoms with E-state index < -0.39 is 5.92 Å². The number of hydrogen-bond donors (Lipinski definition) is 0. The molecular formula is C19H18O3. The Morgan fingerprint density at radius 3 is 2.27 bits per heavy atom. The summed E-state index contributed by atoms with van der Waals surface area (Å²) in [7, 11) is 0. The summed E-state index contributed by atoms with van der Waals surface area (Å²) in [4.78, 5) is 36.2. The predicted molar refractivity (Wildman–Crippen MR) is 84.7 cm³/mol. The van der Waals surface area contributed by atoms with Crippen molar-refractivity contribution in [1.29, 1.82) is 0 Å². The molecule has 1 fully saturated rings. The highest BCUT2D eigenvalue weighted by atomic mass is 16.2. The van der Waals surface area contributed by atoms with Gasteiger partial charge in [0, 0.05) is 19.3 Å². The van der Waals surface area contributed by atoms with Crippen LogP contribution in [0.5, 0.6) is 0 Å². The highest BCUT2D eigenvalue weighted by Gasteiger charge is 2.39.